The van der Waals surface area contributed by atoms with Gasteiger partial charge in [-0.25, -0.2) is 0 Å². The molecule has 0 fully saturated rings. The number of fused-ring (bicyclic) bond motifs is 1. The lowest BCUT2D eigenvalue weighted by atomic mass is 10.1. The summed E-state index contributed by atoms with van der Waals surface area (Å²) in [5, 5.41) is 0.832. The van der Waals surface area contributed by atoms with E-state index in [4.69, 9.17) is 0 Å². The number of aromatic amines is 1. The number of pyridine rings is 1. The Morgan fingerprint density at radius 1 is 1.07 bits per heavy atom. The van der Waals surface area contributed by atoms with Crippen LogP contribution in [-0.2, 0) is 7.05 Å². The van der Waals surface area contributed by atoms with Crippen LogP contribution >= 0.6 is 0 Å². The van der Waals surface area contributed by atoms with Crippen molar-refractivity contribution in [1.82, 2.24) is 9.55 Å². The number of rotatable bonds is 0. The Morgan fingerprint density at radius 3 is 2.27 bits per heavy atom. The van der Waals surface area contributed by atoms with Crippen molar-refractivity contribution in [3.05, 3.63) is 32.9 Å². The quantitative estimate of drug-likeness (QED) is 0.701. The van der Waals surface area contributed by atoms with Crippen LogP contribution in [0.5, 0.6) is 0 Å². The normalized spacial score (nSPS) is 11.3. The van der Waals surface area contributed by atoms with Crippen LogP contribution in [0.2, 0.25) is 0 Å². The van der Waals surface area contributed by atoms with Crippen LogP contribution in [-0.4, -0.2) is 9.55 Å². The number of hydrogen-bond acceptors (Lipinski definition) is 1. The molecule has 0 aliphatic rings. The molecule has 3 heteroatoms. The van der Waals surface area contributed by atoms with Crippen molar-refractivity contribution < 1.29 is 0 Å². The van der Waals surface area contributed by atoms with Gasteiger partial charge in [-0.05, 0) is 38.8 Å². The zero-order valence-electron chi connectivity index (χ0n) is 9.86. The number of aryl methyl sites for hydroxylation is 3. The van der Waals surface area contributed by atoms with Crippen molar-refractivity contribution in [3.63, 3.8) is 0 Å². The maximum atomic E-state index is 12.1. The zero-order valence-corrected chi connectivity index (χ0v) is 9.86. The van der Waals surface area contributed by atoms with Gasteiger partial charge in [-0.2, -0.15) is 0 Å². The third kappa shape index (κ3) is 1.16. The predicted octanol–water partition coefficient (Wildman–Crippen LogP) is 2.10. The first kappa shape index (κ1) is 10.0. The molecular weight excluding hydrogens is 188 g/mol. The minimum Gasteiger partial charge on any atom is -0.358 e. The summed E-state index contributed by atoms with van der Waals surface area (Å²) in [6.45, 7) is 8.02. The summed E-state index contributed by atoms with van der Waals surface area (Å²) in [7, 11) is 1.83. The van der Waals surface area contributed by atoms with Crippen LogP contribution in [0, 0.1) is 27.7 Å². The second kappa shape index (κ2) is 2.99. The van der Waals surface area contributed by atoms with E-state index in [0.717, 1.165) is 33.4 Å². The van der Waals surface area contributed by atoms with E-state index in [0.29, 0.717) is 0 Å². The molecule has 2 rings (SSSR count). The molecule has 0 aliphatic heterocycles. The number of nitrogens with one attached hydrogen (secondary N) is 1. The molecule has 0 amide bonds. The molecule has 0 unspecified atom stereocenters. The van der Waals surface area contributed by atoms with Gasteiger partial charge < -0.3 is 9.55 Å². The molecule has 0 saturated heterocycles. The van der Waals surface area contributed by atoms with E-state index in [-0.39, 0.29) is 5.56 Å². The second-order valence-electron chi connectivity index (χ2n) is 4.20. The predicted molar refractivity (Wildman–Crippen MR) is 62.5 cm³/mol. The van der Waals surface area contributed by atoms with Gasteiger partial charge in [0.1, 0.15) is 0 Å². The lowest BCUT2D eigenvalue weighted by Crippen LogP contribution is -2.20. The molecule has 15 heavy (non-hydrogen) atoms. The highest BCUT2D eigenvalue weighted by atomic mass is 16.1. The summed E-state index contributed by atoms with van der Waals surface area (Å²) >= 11 is 0. The topological polar surface area (TPSA) is 37.8 Å². The molecule has 0 aromatic carbocycles. The molecular formula is C12H16N2O. The van der Waals surface area contributed by atoms with Gasteiger partial charge in [-0.1, -0.05) is 0 Å². The Bertz CT molecular complexity index is 602. The highest BCUT2D eigenvalue weighted by Crippen LogP contribution is 2.22. The average Bonchev–Trinajstić information content (AvgIpc) is 2.50. The molecule has 80 valence electrons. The molecule has 0 saturated carbocycles. The van der Waals surface area contributed by atoms with E-state index in [9.17, 15) is 4.79 Å². The second-order valence-corrected chi connectivity index (χ2v) is 4.20. The molecule has 2 heterocycles. The molecule has 0 radical (unpaired) electrons. The van der Waals surface area contributed by atoms with Gasteiger partial charge in [0.05, 0.1) is 10.9 Å². The van der Waals surface area contributed by atoms with Crippen LogP contribution in [0.15, 0.2) is 4.79 Å². The number of hydrogen-bond donors (Lipinski definition) is 1. The van der Waals surface area contributed by atoms with Crippen molar-refractivity contribution in [2.45, 2.75) is 27.7 Å². The Morgan fingerprint density at radius 2 is 1.67 bits per heavy atom. The largest absolute Gasteiger partial charge is 0.358 e. The Hall–Kier alpha value is -1.51. The molecule has 3 nitrogen and oxygen atoms in total. The summed E-state index contributed by atoms with van der Waals surface area (Å²) in [6.07, 6.45) is 0. The van der Waals surface area contributed by atoms with E-state index >= 15 is 0 Å². The van der Waals surface area contributed by atoms with Crippen LogP contribution in [0.4, 0.5) is 0 Å². The van der Waals surface area contributed by atoms with Crippen LogP contribution < -0.4 is 5.56 Å². The lowest BCUT2D eigenvalue weighted by molar-refractivity contribution is 0.821. The lowest BCUT2D eigenvalue weighted by Gasteiger charge is -2.08. The minimum absolute atomic E-state index is 0.0925. The smallest absolute Gasteiger partial charge is 0.260 e. The SMILES string of the molecule is Cc1[nH]c2c(C)c(C)n(C)c(=O)c2c1C. The number of aromatic nitrogens is 2. The van der Waals surface area contributed by atoms with Crippen molar-refractivity contribution in [1.29, 1.82) is 0 Å². The third-order valence-corrected chi connectivity index (χ3v) is 3.44. The van der Waals surface area contributed by atoms with Crippen molar-refractivity contribution >= 4 is 10.9 Å². The van der Waals surface area contributed by atoms with E-state index in [2.05, 4.69) is 4.98 Å². The molecule has 2 aromatic rings. The fourth-order valence-corrected chi connectivity index (χ4v) is 2.02. The molecule has 1 N–H and O–H groups in total. The minimum atomic E-state index is 0.0925. The summed E-state index contributed by atoms with van der Waals surface area (Å²) in [4.78, 5) is 15.4. The fourth-order valence-electron chi connectivity index (χ4n) is 2.02. The van der Waals surface area contributed by atoms with E-state index in [1.165, 1.54) is 0 Å². The first-order chi connectivity index (χ1) is 6.95. The monoisotopic (exact) mass is 204 g/mol. The first-order valence-corrected chi connectivity index (χ1v) is 5.10. The molecule has 0 bridgehead atoms. The van der Waals surface area contributed by atoms with Crippen molar-refractivity contribution in [2.75, 3.05) is 0 Å². The van der Waals surface area contributed by atoms with E-state index < -0.39 is 0 Å². The van der Waals surface area contributed by atoms with Gasteiger partial charge in [0.15, 0.2) is 0 Å². The molecule has 0 aliphatic carbocycles. The van der Waals surface area contributed by atoms with Gasteiger partial charge in [-0.15, -0.1) is 0 Å². The van der Waals surface area contributed by atoms with Gasteiger partial charge in [0, 0.05) is 18.4 Å². The highest BCUT2D eigenvalue weighted by Gasteiger charge is 2.13. The average molecular weight is 204 g/mol. The summed E-state index contributed by atoms with van der Waals surface area (Å²) in [6, 6.07) is 0. The van der Waals surface area contributed by atoms with Crippen molar-refractivity contribution in [3.8, 4) is 0 Å². The maximum absolute atomic E-state index is 12.1. The molecule has 0 atom stereocenters. The Balaban J connectivity index is 3.15. The van der Waals surface area contributed by atoms with Gasteiger partial charge in [0.25, 0.3) is 5.56 Å². The Labute approximate surface area is 88.7 Å². The van der Waals surface area contributed by atoms with E-state index in [1.54, 1.807) is 4.57 Å². The van der Waals surface area contributed by atoms with E-state index in [1.807, 2.05) is 34.7 Å². The van der Waals surface area contributed by atoms with Crippen LogP contribution in [0.25, 0.3) is 10.9 Å². The Kier molecular flexibility index (Phi) is 2.00. The fraction of sp³-hybridized carbons (Fsp3) is 0.417. The zero-order chi connectivity index (χ0) is 11.3. The summed E-state index contributed by atoms with van der Waals surface area (Å²) in [5.74, 6) is 0. The molecule has 0 spiro atoms. The molecule has 2 aromatic heterocycles. The summed E-state index contributed by atoms with van der Waals surface area (Å²) in [5.41, 5.74) is 5.40. The van der Waals surface area contributed by atoms with Gasteiger partial charge in [-0.3, -0.25) is 4.79 Å². The van der Waals surface area contributed by atoms with Gasteiger partial charge >= 0.3 is 0 Å². The third-order valence-electron chi connectivity index (χ3n) is 3.44. The van der Waals surface area contributed by atoms with Crippen molar-refractivity contribution in [2.24, 2.45) is 7.05 Å². The first-order valence-electron chi connectivity index (χ1n) is 5.10. The number of H-pyrrole nitrogens is 1. The highest BCUT2D eigenvalue weighted by molar-refractivity contribution is 5.86. The standard InChI is InChI=1S/C12H16N2O/c1-6-8(3)13-11-7(2)9(4)14(5)12(15)10(6)11/h13H,1-5H3. The van der Waals surface area contributed by atoms with Crippen LogP contribution in [0.1, 0.15) is 22.5 Å². The van der Waals surface area contributed by atoms with Gasteiger partial charge in [0.2, 0.25) is 0 Å². The van der Waals surface area contributed by atoms with Crippen LogP contribution in [0.3, 0.4) is 0 Å². The maximum Gasteiger partial charge on any atom is 0.260 e. The number of nitrogens with zero attached hydrogens (tertiary/aromatic N) is 1. The summed E-state index contributed by atoms with van der Waals surface area (Å²) < 4.78 is 1.72.